The van der Waals surface area contributed by atoms with Crippen molar-refractivity contribution in [1.29, 1.82) is 0 Å². The maximum Gasteiger partial charge on any atom is 0.300 e. The Kier molecular flexibility index (Phi) is 7.47. The second kappa shape index (κ2) is 10.8. The largest absolute Gasteiger partial charge is 0.507 e. The van der Waals surface area contributed by atoms with Gasteiger partial charge in [0.15, 0.2) is 11.5 Å². The lowest BCUT2D eigenvalue weighted by atomic mass is 9.92. The van der Waals surface area contributed by atoms with E-state index in [1.54, 1.807) is 0 Å². The van der Waals surface area contributed by atoms with E-state index in [0.29, 0.717) is 11.3 Å². The van der Waals surface area contributed by atoms with Crippen molar-refractivity contribution in [2.75, 3.05) is 37.1 Å². The number of Topliss-reactive ketones (excluding diaryl/α,β-unsaturated/α-hetero) is 1. The number of aryl methyl sites for hydroxylation is 1. The number of halogens is 2. The lowest BCUT2D eigenvalue weighted by Crippen LogP contribution is -2.29. The molecule has 0 aromatic heterocycles. The molecule has 0 aliphatic carbocycles. The van der Waals surface area contributed by atoms with Crippen LogP contribution in [0.5, 0.6) is 11.5 Å². The second-order valence-corrected chi connectivity index (χ2v) is 10.3. The number of nitrogens with zero attached hydrogens (tertiary/aromatic N) is 2. The molecule has 0 spiro atoms. The van der Waals surface area contributed by atoms with Gasteiger partial charge in [-0.25, -0.2) is 0 Å². The monoisotopic (exact) mass is 566 g/mol. The zero-order valence-electron chi connectivity index (χ0n) is 21.8. The first-order valence-electron chi connectivity index (χ1n) is 12.6. The standard InChI is InChI=1S/C30H28Cl2N2O5/c1-17-8-4-5-9-20(17)25-23(26(35)21-16-22(31)29(39-3)24(32)28(21)38-2)27(36)30(37)34(25)19-12-10-18(11-13-19)33-14-6-7-15-33/h4-5,8-13,16,25,35H,6-7,14-15H2,1-3H3/b26-23+. The Bertz CT molecular complexity index is 1480. The number of benzene rings is 3. The maximum atomic E-state index is 13.6. The highest BCUT2D eigenvalue weighted by Crippen LogP contribution is 2.48. The number of amides is 1. The summed E-state index contributed by atoms with van der Waals surface area (Å²) in [5.74, 6) is -1.78. The molecule has 1 N–H and O–H groups in total. The number of methoxy groups -OCH3 is 2. The molecule has 1 amide bonds. The summed E-state index contributed by atoms with van der Waals surface area (Å²) in [6, 6.07) is 15.6. The van der Waals surface area contributed by atoms with Crippen molar-refractivity contribution in [3.05, 3.63) is 86.9 Å². The third-order valence-electron chi connectivity index (χ3n) is 7.32. The smallest absolute Gasteiger partial charge is 0.300 e. The van der Waals surface area contributed by atoms with Gasteiger partial charge < -0.3 is 19.5 Å². The molecule has 2 heterocycles. The first-order valence-corrected chi connectivity index (χ1v) is 13.4. The fraction of sp³-hybridized carbons (Fsp3) is 0.267. The van der Waals surface area contributed by atoms with E-state index >= 15 is 0 Å². The zero-order valence-corrected chi connectivity index (χ0v) is 23.3. The van der Waals surface area contributed by atoms with E-state index in [0.717, 1.165) is 37.2 Å². The summed E-state index contributed by atoms with van der Waals surface area (Å²) in [5, 5.41) is 11.8. The van der Waals surface area contributed by atoms with Crippen molar-refractivity contribution in [2.24, 2.45) is 0 Å². The van der Waals surface area contributed by atoms with E-state index in [9.17, 15) is 14.7 Å². The third-order valence-corrected chi connectivity index (χ3v) is 7.95. The Morgan fingerprint density at radius 2 is 1.54 bits per heavy atom. The molecule has 2 fully saturated rings. The van der Waals surface area contributed by atoms with Gasteiger partial charge in [0.2, 0.25) is 0 Å². The van der Waals surface area contributed by atoms with Crippen LogP contribution in [-0.4, -0.2) is 44.1 Å². The van der Waals surface area contributed by atoms with E-state index < -0.39 is 23.5 Å². The van der Waals surface area contributed by atoms with Gasteiger partial charge in [-0.3, -0.25) is 14.5 Å². The van der Waals surface area contributed by atoms with Crippen LogP contribution in [0.4, 0.5) is 11.4 Å². The molecule has 7 nitrogen and oxygen atoms in total. The topological polar surface area (TPSA) is 79.3 Å². The van der Waals surface area contributed by atoms with Gasteiger partial charge in [0, 0.05) is 24.5 Å². The van der Waals surface area contributed by atoms with Gasteiger partial charge in [-0.05, 0) is 61.2 Å². The van der Waals surface area contributed by atoms with Gasteiger partial charge in [0.05, 0.1) is 36.4 Å². The number of rotatable bonds is 6. The first-order chi connectivity index (χ1) is 18.8. The molecule has 2 aliphatic rings. The van der Waals surface area contributed by atoms with Crippen molar-refractivity contribution in [3.63, 3.8) is 0 Å². The summed E-state index contributed by atoms with van der Waals surface area (Å²) >= 11 is 12.9. The molecule has 3 aromatic carbocycles. The van der Waals surface area contributed by atoms with Crippen LogP contribution in [0.1, 0.15) is 35.6 Å². The highest BCUT2D eigenvalue weighted by Gasteiger charge is 2.47. The molecule has 1 unspecified atom stereocenters. The molecule has 9 heteroatoms. The van der Waals surface area contributed by atoms with E-state index in [-0.39, 0.29) is 32.7 Å². The minimum atomic E-state index is -0.895. The summed E-state index contributed by atoms with van der Waals surface area (Å²) in [5.41, 5.74) is 3.15. The first kappa shape index (κ1) is 26.9. The minimum Gasteiger partial charge on any atom is -0.507 e. The average Bonchev–Trinajstić information content (AvgIpc) is 3.56. The minimum absolute atomic E-state index is 0.0354. The van der Waals surface area contributed by atoms with E-state index in [4.69, 9.17) is 32.7 Å². The average molecular weight is 567 g/mol. The van der Waals surface area contributed by atoms with Crippen LogP contribution < -0.4 is 19.3 Å². The number of anilines is 2. The summed E-state index contributed by atoms with van der Waals surface area (Å²) in [6.45, 7) is 3.87. The number of hydrogen-bond acceptors (Lipinski definition) is 6. The molecule has 0 saturated carbocycles. The Morgan fingerprint density at radius 1 is 0.923 bits per heavy atom. The summed E-state index contributed by atoms with van der Waals surface area (Å²) < 4.78 is 10.7. The number of aliphatic hydroxyl groups is 1. The van der Waals surface area contributed by atoms with Gasteiger partial charge in [0.25, 0.3) is 11.7 Å². The molecule has 202 valence electrons. The van der Waals surface area contributed by atoms with Crippen molar-refractivity contribution in [3.8, 4) is 11.5 Å². The van der Waals surface area contributed by atoms with E-state index in [1.807, 2.05) is 55.5 Å². The zero-order chi connectivity index (χ0) is 27.8. The molecule has 3 aromatic rings. The van der Waals surface area contributed by atoms with E-state index in [2.05, 4.69) is 4.90 Å². The highest BCUT2D eigenvalue weighted by atomic mass is 35.5. The van der Waals surface area contributed by atoms with Crippen LogP contribution in [0, 0.1) is 6.92 Å². The summed E-state index contributed by atoms with van der Waals surface area (Å²) in [4.78, 5) is 30.9. The van der Waals surface area contributed by atoms with Gasteiger partial charge in [0.1, 0.15) is 10.8 Å². The summed E-state index contributed by atoms with van der Waals surface area (Å²) in [7, 11) is 2.79. The lowest BCUT2D eigenvalue weighted by Gasteiger charge is -2.27. The van der Waals surface area contributed by atoms with Gasteiger partial charge in [-0.15, -0.1) is 0 Å². The molecule has 2 aliphatic heterocycles. The van der Waals surface area contributed by atoms with Crippen LogP contribution in [0.2, 0.25) is 10.0 Å². The van der Waals surface area contributed by atoms with E-state index in [1.165, 1.54) is 25.2 Å². The Morgan fingerprint density at radius 3 is 2.15 bits per heavy atom. The number of hydrogen-bond donors (Lipinski definition) is 1. The van der Waals surface area contributed by atoms with Crippen molar-refractivity contribution in [1.82, 2.24) is 0 Å². The maximum absolute atomic E-state index is 13.6. The SMILES string of the molecule is COc1c(Cl)cc(/C(O)=C2\C(=O)C(=O)N(c3ccc(N4CCCC4)cc3)C2c2ccccc2C)c(OC)c1Cl. The molecule has 2 saturated heterocycles. The number of aliphatic hydroxyl groups excluding tert-OH is 1. The van der Waals surface area contributed by atoms with Crippen LogP contribution in [0.3, 0.4) is 0 Å². The van der Waals surface area contributed by atoms with Gasteiger partial charge in [-0.1, -0.05) is 47.5 Å². The van der Waals surface area contributed by atoms with Gasteiger partial charge >= 0.3 is 0 Å². The molecule has 0 radical (unpaired) electrons. The molecule has 5 rings (SSSR count). The molecule has 0 bridgehead atoms. The second-order valence-electron chi connectivity index (χ2n) is 9.52. The predicted molar refractivity (Wildman–Crippen MR) is 153 cm³/mol. The van der Waals surface area contributed by atoms with Crippen LogP contribution in [0.25, 0.3) is 5.76 Å². The van der Waals surface area contributed by atoms with Crippen molar-refractivity contribution >= 4 is 52.0 Å². The van der Waals surface area contributed by atoms with Crippen LogP contribution in [0.15, 0.2) is 60.2 Å². The Balaban J connectivity index is 1.70. The molecular formula is C30H28Cl2N2O5. The van der Waals surface area contributed by atoms with Crippen LogP contribution >= 0.6 is 23.2 Å². The fourth-order valence-corrected chi connectivity index (χ4v) is 6.06. The number of ether oxygens (including phenoxy) is 2. The van der Waals surface area contributed by atoms with Gasteiger partial charge in [-0.2, -0.15) is 0 Å². The predicted octanol–water partition coefficient (Wildman–Crippen LogP) is 6.55. The number of carbonyl (C=O) groups excluding carboxylic acids is 2. The molecule has 1 atom stereocenters. The number of carbonyl (C=O) groups is 2. The summed E-state index contributed by atoms with van der Waals surface area (Å²) in [6.07, 6.45) is 2.29. The van der Waals surface area contributed by atoms with Crippen LogP contribution in [-0.2, 0) is 9.59 Å². The Labute approximate surface area is 237 Å². The normalized spacial score (nSPS) is 18.6. The fourth-order valence-electron chi connectivity index (χ4n) is 5.38. The van der Waals surface area contributed by atoms with Crippen molar-refractivity contribution < 1.29 is 24.2 Å². The number of ketones is 1. The quantitative estimate of drug-likeness (QED) is 0.207. The molecule has 39 heavy (non-hydrogen) atoms. The Hall–Kier alpha value is -3.68. The third kappa shape index (κ3) is 4.60. The highest BCUT2D eigenvalue weighted by molar-refractivity contribution is 6.52. The lowest BCUT2D eigenvalue weighted by molar-refractivity contribution is -0.132. The molecular weight excluding hydrogens is 539 g/mol. The van der Waals surface area contributed by atoms with Crippen molar-refractivity contribution in [2.45, 2.75) is 25.8 Å².